The van der Waals surface area contributed by atoms with Crippen molar-refractivity contribution in [2.45, 2.75) is 27.2 Å². The second-order valence-corrected chi connectivity index (χ2v) is 6.73. The van der Waals surface area contributed by atoms with Crippen molar-refractivity contribution in [1.29, 1.82) is 0 Å². The summed E-state index contributed by atoms with van der Waals surface area (Å²) >= 11 is 0. The van der Waals surface area contributed by atoms with Crippen LogP contribution in [0.3, 0.4) is 0 Å². The minimum Gasteiger partial charge on any atom is -0.0622 e. The Morgan fingerprint density at radius 2 is 1.92 bits per heavy atom. The molecule has 0 aromatic carbocycles. The molecule has 5 rings (SSSR count). The second kappa shape index (κ2) is 0.952. The van der Waals surface area contributed by atoms with Crippen LogP contribution in [-0.4, -0.2) is 0 Å². The van der Waals surface area contributed by atoms with Crippen molar-refractivity contribution in [1.82, 2.24) is 0 Å². The van der Waals surface area contributed by atoms with Gasteiger partial charge >= 0.3 is 0 Å². The third-order valence-electron chi connectivity index (χ3n) is 7.24. The molecule has 0 nitrogen and oxygen atoms in total. The van der Waals surface area contributed by atoms with Crippen LogP contribution >= 0.6 is 0 Å². The Morgan fingerprint density at radius 3 is 2.33 bits per heavy atom. The lowest BCUT2D eigenvalue weighted by Crippen LogP contribution is -2.78. The van der Waals surface area contributed by atoms with E-state index in [-0.39, 0.29) is 0 Å². The molecule has 0 radical (unpaired) electrons. The molecule has 0 amide bonds. The third-order valence-corrected chi connectivity index (χ3v) is 7.24. The van der Waals surface area contributed by atoms with Crippen LogP contribution in [0.25, 0.3) is 0 Å². The topological polar surface area (TPSA) is 0 Å². The summed E-state index contributed by atoms with van der Waals surface area (Å²) in [4.78, 5) is 0. The summed E-state index contributed by atoms with van der Waals surface area (Å²) in [7, 11) is 0. The van der Waals surface area contributed by atoms with Gasteiger partial charge < -0.3 is 0 Å². The Morgan fingerprint density at radius 1 is 1.17 bits per heavy atom. The minimum atomic E-state index is 0.910. The van der Waals surface area contributed by atoms with E-state index in [1.807, 2.05) is 0 Å². The van der Waals surface area contributed by atoms with Gasteiger partial charge in [-0.25, -0.2) is 0 Å². The van der Waals surface area contributed by atoms with Gasteiger partial charge in [-0.3, -0.25) is 0 Å². The Kier molecular flexibility index (Phi) is 0.450. The molecule has 0 bridgehead atoms. The summed E-state index contributed by atoms with van der Waals surface area (Å²) in [5, 5.41) is 0. The number of hydrogen-bond donors (Lipinski definition) is 0. The first-order valence-electron chi connectivity index (χ1n) is 5.64. The fourth-order valence-corrected chi connectivity index (χ4v) is 7.01. The van der Waals surface area contributed by atoms with E-state index >= 15 is 0 Å². The SMILES string of the molecule is CC(C)C12CC3C1C14C2C1C34C. The fourth-order valence-electron chi connectivity index (χ4n) is 7.01. The highest BCUT2D eigenvalue weighted by Gasteiger charge is 3.17. The first-order valence-corrected chi connectivity index (χ1v) is 5.64. The van der Waals surface area contributed by atoms with Crippen molar-refractivity contribution in [3.63, 3.8) is 0 Å². The van der Waals surface area contributed by atoms with Crippen LogP contribution in [0.4, 0.5) is 0 Å². The molecule has 0 heteroatoms. The Bertz CT molecular complexity index is 340. The molecule has 5 saturated carbocycles. The Balaban J connectivity index is 1.71. The molecule has 0 aliphatic heterocycles. The van der Waals surface area contributed by atoms with Crippen molar-refractivity contribution < 1.29 is 0 Å². The first kappa shape index (κ1) is 5.67. The number of hydrogen-bond acceptors (Lipinski definition) is 0. The molecule has 5 fully saturated rings. The average molecular weight is 160 g/mol. The van der Waals surface area contributed by atoms with Crippen molar-refractivity contribution in [3.8, 4) is 0 Å². The fraction of sp³-hybridized carbons (Fsp3) is 1.00. The normalized spacial score (nSPS) is 89.0. The predicted molar refractivity (Wildman–Crippen MR) is 46.4 cm³/mol. The van der Waals surface area contributed by atoms with E-state index in [1.54, 1.807) is 6.42 Å². The summed E-state index contributed by atoms with van der Waals surface area (Å²) in [6, 6.07) is 0. The van der Waals surface area contributed by atoms with Gasteiger partial charge in [-0.2, -0.15) is 0 Å². The Labute approximate surface area is 73.7 Å². The monoisotopic (exact) mass is 160 g/mol. The Hall–Kier alpha value is 0. The summed E-state index contributed by atoms with van der Waals surface area (Å²) in [6.07, 6.45) is 1.62. The van der Waals surface area contributed by atoms with Crippen molar-refractivity contribution in [3.05, 3.63) is 0 Å². The van der Waals surface area contributed by atoms with E-state index in [0.717, 1.165) is 22.2 Å². The smallest absolute Gasteiger partial charge is 0.0128 e. The van der Waals surface area contributed by atoms with Gasteiger partial charge in [0.05, 0.1) is 0 Å². The highest BCUT2D eigenvalue weighted by Crippen LogP contribution is 3.20. The van der Waals surface area contributed by atoms with Crippen molar-refractivity contribution >= 4 is 0 Å². The lowest BCUT2D eigenvalue weighted by Gasteiger charge is -2.82. The zero-order valence-electron chi connectivity index (χ0n) is 8.09. The van der Waals surface area contributed by atoms with Crippen LogP contribution in [0.15, 0.2) is 0 Å². The molecule has 64 valence electrons. The van der Waals surface area contributed by atoms with Gasteiger partial charge in [0.25, 0.3) is 0 Å². The van der Waals surface area contributed by atoms with Gasteiger partial charge in [-0.1, -0.05) is 20.8 Å². The van der Waals surface area contributed by atoms with Crippen LogP contribution in [0.2, 0.25) is 0 Å². The molecular weight excluding hydrogens is 144 g/mol. The van der Waals surface area contributed by atoms with Gasteiger partial charge in [0.15, 0.2) is 0 Å². The maximum absolute atomic E-state index is 2.58. The van der Waals surface area contributed by atoms with Crippen LogP contribution in [0.5, 0.6) is 0 Å². The maximum atomic E-state index is 2.58. The lowest BCUT2D eigenvalue weighted by atomic mass is 9.21. The molecule has 7 unspecified atom stereocenters. The van der Waals surface area contributed by atoms with Gasteiger partial charge in [-0.15, -0.1) is 0 Å². The van der Waals surface area contributed by atoms with Crippen LogP contribution in [0.1, 0.15) is 27.2 Å². The zero-order chi connectivity index (χ0) is 8.09. The van der Waals surface area contributed by atoms with Crippen LogP contribution in [-0.2, 0) is 0 Å². The molecule has 0 heterocycles. The standard InChI is InChI=1S/C12H16/c1-5(2)11-4-6-7(11)12-8(9(11)12)10(6,12)3/h5-9H,4H2,1-3H3. The highest BCUT2D eigenvalue weighted by atomic mass is 15.2. The van der Waals surface area contributed by atoms with Crippen molar-refractivity contribution in [2.75, 3.05) is 0 Å². The quantitative estimate of drug-likeness (QED) is 0.553. The summed E-state index contributed by atoms with van der Waals surface area (Å²) < 4.78 is 0. The highest BCUT2D eigenvalue weighted by molar-refractivity contribution is 5.63. The second-order valence-electron chi connectivity index (χ2n) is 6.73. The molecule has 0 saturated heterocycles. The molecule has 1 spiro atoms. The molecule has 0 aromatic rings. The number of fused-ring (bicyclic) bond motifs is 4. The van der Waals surface area contributed by atoms with Gasteiger partial charge in [0.2, 0.25) is 0 Å². The maximum Gasteiger partial charge on any atom is -0.0128 e. The van der Waals surface area contributed by atoms with E-state index in [0.29, 0.717) is 0 Å². The predicted octanol–water partition coefficient (Wildman–Crippen LogP) is 2.54. The summed E-state index contributed by atoms with van der Waals surface area (Å²) in [5.41, 5.74) is 2.85. The molecule has 0 aromatic heterocycles. The van der Waals surface area contributed by atoms with Crippen LogP contribution in [0, 0.1) is 45.8 Å². The van der Waals surface area contributed by atoms with E-state index in [4.69, 9.17) is 0 Å². The molecule has 7 atom stereocenters. The van der Waals surface area contributed by atoms with Gasteiger partial charge in [0.1, 0.15) is 0 Å². The number of rotatable bonds is 1. The van der Waals surface area contributed by atoms with Crippen LogP contribution < -0.4 is 0 Å². The van der Waals surface area contributed by atoms with E-state index in [2.05, 4.69) is 20.8 Å². The zero-order valence-corrected chi connectivity index (χ0v) is 8.09. The molecule has 0 N–H and O–H groups in total. The first-order chi connectivity index (χ1) is 5.64. The van der Waals surface area contributed by atoms with E-state index < -0.39 is 0 Å². The van der Waals surface area contributed by atoms with E-state index in [9.17, 15) is 0 Å². The molecule has 5 aliphatic carbocycles. The largest absolute Gasteiger partial charge is 0.0622 e. The minimum absolute atomic E-state index is 0.910. The average Bonchev–Trinajstić information content (AvgIpc) is 2.72. The third kappa shape index (κ3) is 0.186. The molecule has 5 aliphatic rings. The lowest BCUT2D eigenvalue weighted by molar-refractivity contribution is -0.358. The molecular formula is C12H16. The van der Waals surface area contributed by atoms with E-state index in [1.165, 1.54) is 23.7 Å². The molecule has 12 heavy (non-hydrogen) atoms. The summed E-state index contributed by atoms with van der Waals surface area (Å²) in [6.45, 7) is 7.52. The van der Waals surface area contributed by atoms with Gasteiger partial charge in [-0.05, 0) is 52.3 Å². The van der Waals surface area contributed by atoms with Gasteiger partial charge in [0, 0.05) is 0 Å². The van der Waals surface area contributed by atoms with Crippen molar-refractivity contribution in [2.24, 2.45) is 45.8 Å². The summed E-state index contributed by atoms with van der Waals surface area (Å²) in [5.74, 6) is 5.92.